The molecule has 0 atom stereocenters. The highest BCUT2D eigenvalue weighted by Crippen LogP contribution is 2.24. The van der Waals surface area contributed by atoms with Crippen LogP contribution in [-0.2, 0) is 11.2 Å². The van der Waals surface area contributed by atoms with Gasteiger partial charge < -0.3 is 5.11 Å². The molecule has 0 unspecified atom stereocenters. The van der Waals surface area contributed by atoms with Crippen molar-refractivity contribution >= 4 is 5.97 Å². The highest BCUT2D eigenvalue weighted by molar-refractivity contribution is 5.75. The van der Waals surface area contributed by atoms with Gasteiger partial charge in [-0.2, -0.15) is 5.10 Å². The molecule has 4 rings (SSSR count). The molecule has 1 aromatic heterocycles. The molecule has 0 spiro atoms. The van der Waals surface area contributed by atoms with Crippen molar-refractivity contribution in [3.8, 4) is 28.8 Å². The summed E-state index contributed by atoms with van der Waals surface area (Å²) in [5.41, 5.74) is 4.93. The van der Waals surface area contributed by atoms with E-state index in [1.165, 1.54) is 0 Å². The molecule has 3 aromatic carbocycles. The van der Waals surface area contributed by atoms with Crippen LogP contribution < -0.4 is 0 Å². The summed E-state index contributed by atoms with van der Waals surface area (Å²) >= 11 is 0. The zero-order valence-corrected chi connectivity index (χ0v) is 15.6. The molecule has 0 aliphatic heterocycles. The molecule has 4 aromatic rings. The van der Waals surface area contributed by atoms with Crippen LogP contribution in [-0.4, -0.2) is 20.9 Å². The molecular formula is C25H18N2O2. The van der Waals surface area contributed by atoms with Crippen LogP contribution in [0.3, 0.4) is 0 Å². The first kappa shape index (κ1) is 18.3. The standard InChI is InChI=1S/C25H18N2O2/c28-24(29)17-22-18-27(23-9-5-2-6-10-23)26-25(22)21-15-13-20(14-16-21)12-11-19-7-3-1-4-8-19/h1-10,13-16,18H,17H2,(H,28,29). The zero-order valence-electron chi connectivity index (χ0n) is 15.6. The Morgan fingerprint density at radius 2 is 1.41 bits per heavy atom. The SMILES string of the molecule is O=C(O)Cc1cn(-c2ccccc2)nc1-c1ccc(C#Cc2ccccc2)cc1. The lowest BCUT2D eigenvalue weighted by atomic mass is 10.0. The fourth-order valence-electron chi connectivity index (χ4n) is 3.04. The second-order valence-corrected chi connectivity index (χ2v) is 6.55. The number of benzene rings is 3. The van der Waals surface area contributed by atoms with Gasteiger partial charge in [-0.3, -0.25) is 4.79 Å². The molecule has 0 amide bonds. The summed E-state index contributed by atoms with van der Waals surface area (Å²) < 4.78 is 1.72. The Morgan fingerprint density at radius 3 is 2.03 bits per heavy atom. The average molecular weight is 378 g/mol. The molecule has 1 heterocycles. The number of hydrogen-bond acceptors (Lipinski definition) is 2. The first-order chi connectivity index (χ1) is 14.2. The largest absolute Gasteiger partial charge is 0.481 e. The van der Waals surface area contributed by atoms with Crippen molar-refractivity contribution < 1.29 is 9.90 Å². The topological polar surface area (TPSA) is 55.1 Å². The lowest BCUT2D eigenvalue weighted by molar-refractivity contribution is -0.136. The molecule has 0 fully saturated rings. The van der Waals surface area contributed by atoms with Crippen molar-refractivity contribution in [2.24, 2.45) is 0 Å². The summed E-state index contributed by atoms with van der Waals surface area (Å²) in [4.78, 5) is 11.3. The molecule has 1 N–H and O–H groups in total. The summed E-state index contributed by atoms with van der Waals surface area (Å²) in [6.07, 6.45) is 1.69. The fourth-order valence-corrected chi connectivity index (χ4v) is 3.04. The Bertz CT molecular complexity index is 1180. The minimum atomic E-state index is -0.885. The third kappa shape index (κ3) is 4.42. The van der Waals surface area contributed by atoms with Crippen LogP contribution in [0.1, 0.15) is 16.7 Å². The Labute approximate surface area is 169 Å². The second kappa shape index (κ2) is 8.28. The maximum atomic E-state index is 11.3. The maximum Gasteiger partial charge on any atom is 0.307 e. The van der Waals surface area contributed by atoms with Crippen molar-refractivity contribution in [2.75, 3.05) is 0 Å². The third-order valence-corrected chi connectivity index (χ3v) is 4.44. The molecule has 140 valence electrons. The highest BCUT2D eigenvalue weighted by Gasteiger charge is 2.14. The van der Waals surface area contributed by atoms with Gasteiger partial charge in [-0.1, -0.05) is 60.4 Å². The summed E-state index contributed by atoms with van der Waals surface area (Å²) in [7, 11) is 0. The molecule has 0 radical (unpaired) electrons. The minimum absolute atomic E-state index is 0.0856. The van der Waals surface area contributed by atoms with Gasteiger partial charge in [-0.05, 0) is 36.4 Å². The van der Waals surface area contributed by atoms with E-state index in [0.717, 1.165) is 22.4 Å². The Hall–Kier alpha value is -4.10. The fraction of sp³-hybridized carbons (Fsp3) is 0.0400. The van der Waals surface area contributed by atoms with Crippen molar-refractivity contribution in [2.45, 2.75) is 6.42 Å². The number of carboxylic acid groups (broad SMARTS) is 1. The molecule has 0 saturated heterocycles. The Kier molecular flexibility index (Phi) is 5.22. The van der Waals surface area contributed by atoms with Gasteiger partial charge in [0.15, 0.2) is 0 Å². The van der Waals surface area contributed by atoms with E-state index in [1.54, 1.807) is 10.9 Å². The Morgan fingerprint density at radius 1 is 0.828 bits per heavy atom. The number of carbonyl (C=O) groups is 1. The predicted octanol–water partition coefficient (Wildman–Crippen LogP) is 4.57. The van der Waals surface area contributed by atoms with E-state index in [0.29, 0.717) is 11.3 Å². The van der Waals surface area contributed by atoms with Gasteiger partial charge in [0, 0.05) is 28.5 Å². The van der Waals surface area contributed by atoms with Gasteiger partial charge in [0.1, 0.15) is 0 Å². The first-order valence-corrected chi connectivity index (χ1v) is 9.22. The zero-order chi connectivity index (χ0) is 20.1. The monoisotopic (exact) mass is 378 g/mol. The van der Waals surface area contributed by atoms with Gasteiger partial charge in [-0.25, -0.2) is 4.68 Å². The van der Waals surface area contributed by atoms with E-state index in [2.05, 4.69) is 16.9 Å². The lowest BCUT2D eigenvalue weighted by Gasteiger charge is -2.01. The summed E-state index contributed by atoms with van der Waals surface area (Å²) in [6.45, 7) is 0. The number of aromatic nitrogens is 2. The number of para-hydroxylation sites is 1. The molecule has 0 aliphatic carbocycles. The molecule has 29 heavy (non-hydrogen) atoms. The molecule has 4 nitrogen and oxygen atoms in total. The molecule has 0 bridgehead atoms. The molecule has 0 saturated carbocycles. The van der Waals surface area contributed by atoms with E-state index < -0.39 is 5.97 Å². The molecule has 4 heteroatoms. The van der Waals surface area contributed by atoms with E-state index in [1.807, 2.05) is 84.9 Å². The van der Waals surface area contributed by atoms with E-state index >= 15 is 0 Å². The number of carboxylic acids is 1. The number of rotatable bonds is 4. The second-order valence-electron chi connectivity index (χ2n) is 6.55. The number of aliphatic carboxylic acids is 1. The van der Waals surface area contributed by atoms with Gasteiger partial charge in [0.05, 0.1) is 17.8 Å². The third-order valence-electron chi connectivity index (χ3n) is 4.44. The van der Waals surface area contributed by atoms with E-state index in [4.69, 9.17) is 0 Å². The highest BCUT2D eigenvalue weighted by atomic mass is 16.4. The molecule has 0 aliphatic rings. The van der Waals surface area contributed by atoms with Gasteiger partial charge in [0.2, 0.25) is 0 Å². The minimum Gasteiger partial charge on any atom is -0.481 e. The first-order valence-electron chi connectivity index (χ1n) is 9.22. The predicted molar refractivity (Wildman–Crippen MR) is 113 cm³/mol. The van der Waals surface area contributed by atoms with Gasteiger partial charge >= 0.3 is 5.97 Å². The maximum absolute atomic E-state index is 11.3. The van der Waals surface area contributed by atoms with Crippen LogP contribution in [0.25, 0.3) is 16.9 Å². The summed E-state index contributed by atoms with van der Waals surface area (Å²) in [6, 6.07) is 27.2. The average Bonchev–Trinajstić information content (AvgIpc) is 3.17. The molecular weight excluding hydrogens is 360 g/mol. The van der Waals surface area contributed by atoms with Gasteiger partial charge in [0.25, 0.3) is 0 Å². The smallest absolute Gasteiger partial charge is 0.307 e. The van der Waals surface area contributed by atoms with Crippen LogP contribution in [0.2, 0.25) is 0 Å². The van der Waals surface area contributed by atoms with Crippen molar-refractivity contribution in [3.63, 3.8) is 0 Å². The normalized spacial score (nSPS) is 10.2. The van der Waals surface area contributed by atoms with Crippen LogP contribution in [0.15, 0.2) is 91.1 Å². The quantitative estimate of drug-likeness (QED) is 0.530. The van der Waals surface area contributed by atoms with Crippen LogP contribution >= 0.6 is 0 Å². The van der Waals surface area contributed by atoms with Crippen molar-refractivity contribution in [1.82, 2.24) is 9.78 Å². The van der Waals surface area contributed by atoms with Crippen LogP contribution in [0.5, 0.6) is 0 Å². The van der Waals surface area contributed by atoms with Crippen molar-refractivity contribution in [1.29, 1.82) is 0 Å². The van der Waals surface area contributed by atoms with Crippen LogP contribution in [0, 0.1) is 11.8 Å². The summed E-state index contributed by atoms with van der Waals surface area (Å²) in [5.74, 6) is 5.40. The van der Waals surface area contributed by atoms with Crippen LogP contribution in [0.4, 0.5) is 0 Å². The van der Waals surface area contributed by atoms with Crippen molar-refractivity contribution in [3.05, 3.63) is 108 Å². The lowest BCUT2D eigenvalue weighted by Crippen LogP contribution is -2.00. The number of hydrogen-bond donors (Lipinski definition) is 1. The van der Waals surface area contributed by atoms with E-state index in [-0.39, 0.29) is 6.42 Å². The summed E-state index contributed by atoms with van der Waals surface area (Å²) in [5, 5.41) is 13.9. The Balaban J connectivity index is 1.66. The van der Waals surface area contributed by atoms with E-state index in [9.17, 15) is 9.90 Å². The number of nitrogens with zero attached hydrogens (tertiary/aromatic N) is 2. The van der Waals surface area contributed by atoms with Gasteiger partial charge in [-0.15, -0.1) is 0 Å².